The first-order valence-electron chi connectivity index (χ1n) is 9.72. The van der Waals surface area contributed by atoms with E-state index in [2.05, 4.69) is 18.7 Å². The molecular formula is C20H34FNO2. The Morgan fingerprint density at radius 3 is 2.67 bits per heavy atom. The van der Waals surface area contributed by atoms with Gasteiger partial charge in [0, 0.05) is 12.8 Å². The number of alkyl halides is 1. The summed E-state index contributed by atoms with van der Waals surface area (Å²) in [4.78, 5) is 0. The lowest BCUT2D eigenvalue weighted by atomic mass is 9.60. The Balaban J connectivity index is 0.000000815. The van der Waals surface area contributed by atoms with Crippen LogP contribution >= 0.6 is 0 Å². The van der Waals surface area contributed by atoms with Gasteiger partial charge >= 0.3 is 0 Å². The minimum Gasteiger partial charge on any atom is -0.393 e. The molecule has 0 aromatic rings. The van der Waals surface area contributed by atoms with Crippen LogP contribution in [0, 0.1) is 17.3 Å². The summed E-state index contributed by atoms with van der Waals surface area (Å²) in [6.07, 6.45) is 9.66. The average Bonchev–Trinajstić information content (AvgIpc) is 2.90. The van der Waals surface area contributed by atoms with Gasteiger partial charge < -0.3 is 15.9 Å². The van der Waals surface area contributed by atoms with Gasteiger partial charge in [0.1, 0.15) is 5.67 Å². The van der Waals surface area contributed by atoms with Gasteiger partial charge in [-0.1, -0.05) is 19.4 Å². The van der Waals surface area contributed by atoms with Crippen LogP contribution in [0.3, 0.4) is 0 Å². The molecule has 24 heavy (non-hydrogen) atoms. The smallest absolute Gasteiger partial charge is 0.120 e. The Hall–Kier alpha value is -0.450. The van der Waals surface area contributed by atoms with Crippen molar-refractivity contribution in [1.82, 2.24) is 0 Å². The van der Waals surface area contributed by atoms with Crippen LogP contribution < -0.4 is 5.73 Å². The maximum absolute atomic E-state index is 15.6. The number of allylic oxidation sites excluding steroid dienone is 1. The van der Waals surface area contributed by atoms with Gasteiger partial charge in [-0.05, 0) is 74.8 Å². The number of hydrogen-bond donors (Lipinski definition) is 3. The predicted molar refractivity (Wildman–Crippen MR) is 94.2 cm³/mol. The van der Waals surface area contributed by atoms with Crippen LogP contribution in [0.2, 0.25) is 0 Å². The highest BCUT2D eigenvalue weighted by atomic mass is 19.1. The molecule has 0 heterocycles. The van der Waals surface area contributed by atoms with Crippen LogP contribution in [-0.2, 0) is 0 Å². The molecule has 0 bridgehead atoms. The third-order valence-electron chi connectivity index (χ3n) is 7.54. The van der Waals surface area contributed by atoms with Gasteiger partial charge in [0.25, 0.3) is 0 Å². The highest BCUT2D eigenvalue weighted by Gasteiger charge is 2.58. The lowest BCUT2D eigenvalue weighted by Gasteiger charge is -2.48. The number of aliphatic hydroxyl groups excluding tert-OH is 1. The number of hydrogen-bond acceptors (Lipinski definition) is 3. The van der Waals surface area contributed by atoms with E-state index in [-0.39, 0.29) is 17.8 Å². The number of rotatable bonds is 0. The maximum atomic E-state index is 15.6. The van der Waals surface area contributed by atoms with E-state index < -0.39 is 17.4 Å². The number of aliphatic hydroxyl groups is 2. The molecule has 4 N–H and O–H groups in total. The fraction of sp³-hybridized carbons (Fsp3) is 0.900. The molecule has 4 aliphatic rings. The van der Waals surface area contributed by atoms with Crippen molar-refractivity contribution >= 4 is 0 Å². The van der Waals surface area contributed by atoms with E-state index in [1.807, 2.05) is 0 Å². The second-order valence-corrected chi connectivity index (χ2v) is 8.84. The van der Waals surface area contributed by atoms with E-state index in [1.165, 1.54) is 19.9 Å². The quantitative estimate of drug-likeness (QED) is 0.592. The van der Waals surface area contributed by atoms with Crippen LogP contribution in [0.1, 0.15) is 71.1 Å². The number of halogens is 1. The second-order valence-electron chi connectivity index (χ2n) is 8.84. The minimum absolute atomic E-state index is 0.0130. The molecule has 0 aliphatic heterocycles. The van der Waals surface area contributed by atoms with Gasteiger partial charge in [-0.2, -0.15) is 0 Å². The highest BCUT2D eigenvalue weighted by Crippen LogP contribution is 2.61. The van der Waals surface area contributed by atoms with E-state index in [1.54, 1.807) is 0 Å². The van der Waals surface area contributed by atoms with Gasteiger partial charge in [-0.3, -0.25) is 0 Å². The molecule has 5 unspecified atom stereocenters. The van der Waals surface area contributed by atoms with Crippen molar-refractivity contribution in [3.63, 3.8) is 0 Å². The molecule has 0 spiro atoms. The van der Waals surface area contributed by atoms with Gasteiger partial charge in [0.05, 0.1) is 11.7 Å². The van der Waals surface area contributed by atoms with Gasteiger partial charge in [0.2, 0.25) is 0 Å². The molecule has 0 aromatic heterocycles. The summed E-state index contributed by atoms with van der Waals surface area (Å²) >= 11 is 0. The Morgan fingerprint density at radius 2 is 1.92 bits per heavy atom. The molecule has 4 aliphatic carbocycles. The number of nitrogens with two attached hydrogens (primary N) is 1. The van der Waals surface area contributed by atoms with Crippen LogP contribution in [0.5, 0.6) is 0 Å². The van der Waals surface area contributed by atoms with Crippen LogP contribution in [0.25, 0.3) is 0 Å². The fourth-order valence-electron chi connectivity index (χ4n) is 6.25. The Kier molecular flexibility index (Phi) is 4.87. The summed E-state index contributed by atoms with van der Waals surface area (Å²) in [6, 6.07) is 0. The lowest BCUT2D eigenvalue weighted by Crippen LogP contribution is -2.48. The largest absolute Gasteiger partial charge is 0.393 e. The summed E-state index contributed by atoms with van der Waals surface area (Å²) in [6.45, 7) is 2.31. The predicted octanol–water partition coefficient (Wildman–Crippen LogP) is 3.48. The fourth-order valence-corrected chi connectivity index (χ4v) is 6.25. The molecule has 3 fully saturated rings. The minimum atomic E-state index is -1.31. The molecule has 0 saturated heterocycles. The van der Waals surface area contributed by atoms with Crippen molar-refractivity contribution in [1.29, 1.82) is 0 Å². The molecule has 4 heteroatoms. The molecular weight excluding hydrogens is 305 g/mol. The van der Waals surface area contributed by atoms with E-state index in [4.69, 9.17) is 0 Å². The molecule has 0 amide bonds. The monoisotopic (exact) mass is 339 g/mol. The molecule has 6 atom stereocenters. The van der Waals surface area contributed by atoms with E-state index in [0.717, 1.165) is 37.7 Å². The van der Waals surface area contributed by atoms with Crippen LogP contribution in [-0.4, -0.2) is 34.6 Å². The third kappa shape index (κ3) is 2.75. The first-order chi connectivity index (χ1) is 11.4. The Labute approximate surface area is 145 Å². The van der Waals surface area contributed by atoms with Gasteiger partial charge in [-0.15, -0.1) is 0 Å². The molecule has 3 nitrogen and oxygen atoms in total. The zero-order chi connectivity index (χ0) is 17.6. The average molecular weight is 339 g/mol. The first-order valence-corrected chi connectivity index (χ1v) is 9.72. The second kappa shape index (κ2) is 6.37. The van der Waals surface area contributed by atoms with Gasteiger partial charge in [0.15, 0.2) is 0 Å². The summed E-state index contributed by atoms with van der Waals surface area (Å²) < 4.78 is 15.6. The normalized spacial score (nSPS) is 50.4. The Bertz CT molecular complexity index is 510. The van der Waals surface area contributed by atoms with Crippen molar-refractivity contribution in [3.05, 3.63) is 11.6 Å². The van der Waals surface area contributed by atoms with Crippen molar-refractivity contribution in [2.45, 2.75) is 88.5 Å². The standard InChI is InChI=1S/C19H29FO2.CH5N/c1-17-8-2-3-16(17)19(22)10-7-13-4-5-15(21)12-18(13,20)11-14(19)6-9-17;1-2/h6,13,15-16,21-22H,2-5,7-12H2,1H3;2H2,1H3/t13?,15?,16?,17?,18?,19-;/m1./s1. The molecule has 4 rings (SSSR count). The highest BCUT2D eigenvalue weighted by molar-refractivity contribution is 5.30. The third-order valence-corrected chi connectivity index (χ3v) is 7.54. The zero-order valence-electron chi connectivity index (χ0n) is 15.2. The number of fused-ring (bicyclic) bond motifs is 4. The summed E-state index contributed by atoms with van der Waals surface area (Å²) in [5.74, 6) is 0.313. The van der Waals surface area contributed by atoms with Crippen molar-refractivity contribution < 1.29 is 14.6 Å². The molecule has 0 aromatic carbocycles. The molecule has 0 radical (unpaired) electrons. The van der Waals surface area contributed by atoms with E-state index >= 15 is 4.39 Å². The maximum Gasteiger partial charge on any atom is 0.120 e. The van der Waals surface area contributed by atoms with Gasteiger partial charge in [-0.25, -0.2) is 4.39 Å². The van der Waals surface area contributed by atoms with E-state index in [0.29, 0.717) is 18.8 Å². The summed E-state index contributed by atoms with van der Waals surface area (Å²) in [5, 5.41) is 21.5. The topological polar surface area (TPSA) is 66.5 Å². The summed E-state index contributed by atoms with van der Waals surface area (Å²) in [7, 11) is 1.50. The SMILES string of the molecule is CC12CC=C3CC4(F)CC(O)CCC4CC[C@]3(O)C1CCC2.CN. The van der Waals surface area contributed by atoms with Crippen molar-refractivity contribution in [3.8, 4) is 0 Å². The van der Waals surface area contributed by atoms with Crippen LogP contribution in [0.15, 0.2) is 11.6 Å². The van der Waals surface area contributed by atoms with Crippen molar-refractivity contribution in [2.24, 2.45) is 23.0 Å². The van der Waals surface area contributed by atoms with Crippen LogP contribution in [0.4, 0.5) is 4.39 Å². The lowest BCUT2D eigenvalue weighted by molar-refractivity contribution is -0.0463. The van der Waals surface area contributed by atoms with Crippen molar-refractivity contribution in [2.75, 3.05) is 7.05 Å². The zero-order valence-corrected chi connectivity index (χ0v) is 15.2. The molecule has 3 saturated carbocycles. The first kappa shape index (κ1) is 18.3. The summed E-state index contributed by atoms with van der Waals surface area (Å²) in [5.41, 5.74) is 3.57. The Morgan fingerprint density at radius 1 is 1.17 bits per heavy atom. The molecule has 138 valence electrons. The van der Waals surface area contributed by atoms with E-state index in [9.17, 15) is 10.2 Å².